The van der Waals surface area contributed by atoms with Crippen molar-refractivity contribution in [1.82, 2.24) is 0 Å². The summed E-state index contributed by atoms with van der Waals surface area (Å²) in [5.74, 6) is 2.93. The Hall–Kier alpha value is -0.160. The van der Waals surface area contributed by atoms with E-state index in [1.165, 1.54) is 12.8 Å². The largest absolute Gasteiger partial charge is 0.396 e. The third-order valence-corrected chi connectivity index (χ3v) is 11.2. The minimum Gasteiger partial charge on any atom is -0.396 e. The molecule has 31 heavy (non-hydrogen) atoms. The van der Waals surface area contributed by atoms with E-state index < -0.39 is 0 Å². The van der Waals surface area contributed by atoms with Gasteiger partial charge in [-0.15, -0.1) is 0 Å². The molecule has 0 aromatic rings. The lowest BCUT2D eigenvalue weighted by molar-refractivity contribution is -0.207. The van der Waals surface area contributed by atoms with Crippen molar-refractivity contribution in [3.05, 3.63) is 0 Å². The predicted octanol–water partition coefficient (Wildman–Crippen LogP) is 4.38. The molecule has 4 rings (SSSR count). The third kappa shape index (κ3) is 3.92. The van der Waals surface area contributed by atoms with Crippen LogP contribution < -0.4 is 0 Å². The number of aliphatic hydroxyl groups is 4. The van der Waals surface area contributed by atoms with Crippen molar-refractivity contribution in [2.24, 2.45) is 52.3 Å². The smallest absolute Gasteiger partial charge is 0.0602 e. The van der Waals surface area contributed by atoms with Crippen LogP contribution in [0.3, 0.4) is 0 Å². The van der Waals surface area contributed by atoms with Gasteiger partial charge < -0.3 is 20.4 Å². The van der Waals surface area contributed by atoms with Crippen LogP contribution in [0, 0.1) is 52.3 Å². The second kappa shape index (κ2) is 8.89. The zero-order valence-electron chi connectivity index (χ0n) is 20.3. The fraction of sp³-hybridized carbons (Fsp3) is 1.00. The molecule has 0 aromatic heterocycles. The fourth-order valence-electron chi connectivity index (χ4n) is 9.21. The highest BCUT2D eigenvalue weighted by Crippen LogP contribution is 2.68. The first kappa shape index (κ1) is 24.0. The molecule has 0 heterocycles. The van der Waals surface area contributed by atoms with Crippen LogP contribution in [0.5, 0.6) is 0 Å². The van der Waals surface area contributed by atoms with Crippen LogP contribution in [0.1, 0.15) is 91.9 Å². The number of hydrogen-bond donors (Lipinski definition) is 4. The first-order valence-electron chi connectivity index (χ1n) is 13.3. The normalized spacial score (nSPS) is 51.5. The summed E-state index contributed by atoms with van der Waals surface area (Å²) in [6.07, 6.45) is 9.27. The SMILES string of the molecule is CC(CO)CCCC(C)C1CCC2C3C(CC(O)[C@]12C)[C@@]1(C)CCC(O)C[C@H]1C[C@H]3O. The van der Waals surface area contributed by atoms with E-state index in [0.29, 0.717) is 41.4 Å². The van der Waals surface area contributed by atoms with Crippen LogP contribution in [0.15, 0.2) is 0 Å². The molecule has 180 valence electrons. The Bertz CT molecular complexity index is 624. The molecule has 8 unspecified atom stereocenters. The molecule has 0 aromatic carbocycles. The summed E-state index contributed by atoms with van der Waals surface area (Å²) in [7, 11) is 0. The van der Waals surface area contributed by atoms with Gasteiger partial charge in [0.25, 0.3) is 0 Å². The maximum absolute atomic E-state index is 11.6. The summed E-state index contributed by atoms with van der Waals surface area (Å²) in [4.78, 5) is 0. The van der Waals surface area contributed by atoms with Crippen LogP contribution in [0.25, 0.3) is 0 Å². The monoisotopic (exact) mass is 436 g/mol. The van der Waals surface area contributed by atoms with Gasteiger partial charge in [0.2, 0.25) is 0 Å². The van der Waals surface area contributed by atoms with Gasteiger partial charge in [0.1, 0.15) is 0 Å². The molecule has 4 aliphatic rings. The van der Waals surface area contributed by atoms with Crippen molar-refractivity contribution in [1.29, 1.82) is 0 Å². The zero-order valence-corrected chi connectivity index (χ0v) is 20.3. The summed E-state index contributed by atoms with van der Waals surface area (Å²) in [5, 5.41) is 42.6. The van der Waals surface area contributed by atoms with Gasteiger partial charge >= 0.3 is 0 Å². The molecular weight excluding hydrogens is 388 g/mol. The maximum Gasteiger partial charge on any atom is 0.0602 e. The van der Waals surface area contributed by atoms with Crippen molar-refractivity contribution >= 4 is 0 Å². The third-order valence-electron chi connectivity index (χ3n) is 11.2. The quantitative estimate of drug-likeness (QED) is 0.498. The van der Waals surface area contributed by atoms with Gasteiger partial charge in [0, 0.05) is 6.61 Å². The van der Waals surface area contributed by atoms with Crippen LogP contribution in [-0.4, -0.2) is 45.3 Å². The topological polar surface area (TPSA) is 80.9 Å². The lowest BCUT2D eigenvalue weighted by atomic mass is 9.43. The van der Waals surface area contributed by atoms with Gasteiger partial charge in [0.15, 0.2) is 0 Å². The molecule has 0 amide bonds. The van der Waals surface area contributed by atoms with E-state index in [1.54, 1.807) is 0 Å². The average molecular weight is 437 g/mol. The minimum atomic E-state index is -0.292. The number of aliphatic hydroxyl groups excluding tert-OH is 4. The van der Waals surface area contributed by atoms with Gasteiger partial charge in [-0.2, -0.15) is 0 Å². The van der Waals surface area contributed by atoms with Gasteiger partial charge in [-0.3, -0.25) is 0 Å². The first-order chi connectivity index (χ1) is 14.6. The Morgan fingerprint density at radius 3 is 2.35 bits per heavy atom. The Kier molecular flexibility index (Phi) is 6.88. The van der Waals surface area contributed by atoms with Gasteiger partial charge in [-0.1, -0.05) is 40.5 Å². The lowest BCUT2D eigenvalue weighted by Gasteiger charge is -2.63. The summed E-state index contributed by atoms with van der Waals surface area (Å²) >= 11 is 0. The Balaban J connectivity index is 1.52. The highest BCUT2D eigenvalue weighted by atomic mass is 16.3. The van der Waals surface area contributed by atoms with Crippen molar-refractivity contribution < 1.29 is 20.4 Å². The summed E-state index contributed by atoms with van der Waals surface area (Å²) < 4.78 is 0. The number of hydrogen-bond acceptors (Lipinski definition) is 4. The molecule has 4 fully saturated rings. The van der Waals surface area contributed by atoms with Crippen molar-refractivity contribution in [3.8, 4) is 0 Å². The molecule has 4 heteroatoms. The highest BCUT2D eigenvalue weighted by Gasteiger charge is 2.65. The Labute approximate surface area is 189 Å². The molecule has 0 spiro atoms. The van der Waals surface area contributed by atoms with E-state index >= 15 is 0 Å². The molecule has 0 aliphatic heterocycles. The molecule has 0 saturated heterocycles. The van der Waals surface area contributed by atoms with Crippen LogP contribution in [-0.2, 0) is 0 Å². The van der Waals surface area contributed by atoms with E-state index in [4.69, 9.17) is 0 Å². The van der Waals surface area contributed by atoms with Gasteiger partial charge in [-0.05, 0) is 104 Å². The summed E-state index contributed by atoms with van der Waals surface area (Å²) in [6, 6.07) is 0. The fourth-order valence-corrected chi connectivity index (χ4v) is 9.21. The van der Waals surface area contributed by atoms with Crippen molar-refractivity contribution in [2.45, 2.75) is 110 Å². The van der Waals surface area contributed by atoms with Crippen LogP contribution in [0.2, 0.25) is 0 Å². The molecular formula is C27H48O4. The summed E-state index contributed by atoms with van der Waals surface area (Å²) in [5.41, 5.74) is 0.0527. The zero-order chi connectivity index (χ0) is 22.6. The standard InChI is InChI=1S/C27H48O4/c1-16(15-28)6-5-7-17(2)20-8-9-21-25-22(14-24(31)27(20,21)4)26(3)11-10-19(29)12-18(26)13-23(25)30/h16-25,28-31H,5-15H2,1-4H3/t16?,17?,18-,19?,20?,21?,22?,23+,24?,25?,26-,27+/m0/s1. The molecule has 4 aliphatic carbocycles. The van der Waals surface area contributed by atoms with E-state index in [-0.39, 0.29) is 35.7 Å². The van der Waals surface area contributed by atoms with Crippen LogP contribution in [0.4, 0.5) is 0 Å². The predicted molar refractivity (Wildman–Crippen MR) is 123 cm³/mol. The molecule has 0 bridgehead atoms. The van der Waals surface area contributed by atoms with Crippen molar-refractivity contribution in [2.75, 3.05) is 6.61 Å². The first-order valence-corrected chi connectivity index (χ1v) is 13.3. The molecule has 0 radical (unpaired) electrons. The molecule has 4 saturated carbocycles. The number of fused-ring (bicyclic) bond motifs is 5. The highest BCUT2D eigenvalue weighted by molar-refractivity contribution is 5.14. The van der Waals surface area contributed by atoms with Crippen LogP contribution >= 0.6 is 0 Å². The lowest BCUT2D eigenvalue weighted by Crippen LogP contribution is -2.62. The minimum absolute atomic E-state index is 0.0957. The number of rotatable bonds is 6. The molecule has 4 N–H and O–H groups in total. The van der Waals surface area contributed by atoms with E-state index in [1.807, 2.05) is 0 Å². The Morgan fingerprint density at radius 2 is 1.65 bits per heavy atom. The van der Waals surface area contributed by atoms with Gasteiger partial charge in [-0.25, -0.2) is 0 Å². The summed E-state index contributed by atoms with van der Waals surface area (Å²) in [6.45, 7) is 9.51. The van der Waals surface area contributed by atoms with E-state index in [0.717, 1.165) is 51.4 Å². The second-order valence-corrected chi connectivity index (χ2v) is 12.7. The second-order valence-electron chi connectivity index (χ2n) is 12.7. The molecule has 12 atom stereocenters. The van der Waals surface area contributed by atoms with E-state index in [9.17, 15) is 20.4 Å². The van der Waals surface area contributed by atoms with E-state index in [2.05, 4.69) is 27.7 Å². The Morgan fingerprint density at radius 1 is 0.903 bits per heavy atom. The van der Waals surface area contributed by atoms with Gasteiger partial charge in [0.05, 0.1) is 18.3 Å². The average Bonchev–Trinajstić information content (AvgIpc) is 3.08. The maximum atomic E-state index is 11.6. The molecule has 4 nitrogen and oxygen atoms in total. The van der Waals surface area contributed by atoms with Crippen molar-refractivity contribution in [3.63, 3.8) is 0 Å².